The van der Waals surface area contributed by atoms with E-state index in [9.17, 15) is 18.0 Å². The van der Waals surface area contributed by atoms with Gasteiger partial charge < -0.3 is 10.0 Å². The van der Waals surface area contributed by atoms with E-state index in [2.05, 4.69) is 0 Å². The molecule has 1 aromatic rings. The predicted molar refractivity (Wildman–Crippen MR) is 69.1 cm³/mol. The van der Waals surface area contributed by atoms with Gasteiger partial charge in [0.05, 0.1) is 11.1 Å². The van der Waals surface area contributed by atoms with Crippen molar-refractivity contribution in [3.63, 3.8) is 0 Å². The van der Waals surface area contributed by atoms with Crippen molar-refractivity contribution < 1.29 is 23.1 Å². The fourth-order valence-corrected chi connectivity index (χ4v) is 2.60. The van der Waals surface area contributed by atoms with Crippen LogP contribution in [0.4, 0.5) is 18.9 Å². The molecule has 2 rings (SSSR count). The number of anilines is 1. The fraction of sp³-hybridized carbons (Fsp3) is 0.500. The highest BCUT2D eigenvalue weighted by Gasteiger charge is 2.36. The van der Waals surface area contributed by atoms with Crippen LogP contribution in [0.25, 0.3) is 0 Å². The Bertz CT molecular complexity index is 514. The molecule has 0 aliphatic carbocycles. The zero-order valence-electron chi connectivity index (χ0n) is 11.1. The molecule has 110 valence electrons. The molecule has 3 nitrogen and oxygen atoms in total. The van der Waals surface area contributed by atoms with Crippen LogP contribution in [0.1, 0.15) is 42.1 Å². The van der Waals surface area contributed by atoms with E-state index in [0.717, 1.165) is 25.3 Å². The molecule has 0 unspecified atom stereocenters. The normalized spacial score (nSPS) is 20.0. The Kier molecular flexibility index (Phi) is 3.92. The minimum absolute atomic E-state index is 0.0283. The van der Waals surface area contributed by atoms with Crippen molar-refractivity contribution in [1.82, 2.24) is 0 Å². The predicted octanol–water partition coefficient (Wildman–Crippen LogP) is 3.78. The van der Waals surface area contributed by atoms with Gasteiger partial charge in [0, 0.05) is 18.3 Å². The molecule has 6 heteroatoms. The SMILES string of the molecule is C[C@H]1CCCCN1c1ccc(C(=O)O)cc1C(F)(F)F. The standard InChI is InChI=1S/C14H16F3NO2/c1-9-4-2-3-7-18(9)12-6-5-10(13(19)20)8-11(12)14(15,16)17/h5-6,8-9H,2-4,7H2,1H3,(H,19,20)/t9-/m0/s1. The van der Waals surface area contributed by atoms with E-state index >= 15 is 0 Å². The number of rotatable bonds is 2. The van der Waals surface area contributed by atoms with Crippen molar-refractivity contribution in [1.29, 1.82) is 0 Å². The molecule has 1 N–H and O–H groups in total. The number of nitrogens with zero attached hydrogens (tertiary/aromatic N) is 1. The van der Waals surface area contributed by atoms with Crippen LogP contribution in [-0.4, -0.2) is 23.7 Å². The molecule has 1 fully saturated rings. The number of carboxylic acids is 1. The molecule has 20 heavy (non-hydrogen) atoms. The largest absolute Gasteiger partial charge is 0.478 e. The third-order valence-corrected chi connectivity index (χ3v) is 3.66. The average molecular weight is 287 g/mol. The van der Waals surface area contributed by atoms with Crippen molar-refractivity contribution >= 4 is 11.7 Å². The molecule has 0 amide bonds. The van der Waals surface area contributed by atoms with E-state index in [0.29, 0.717) is 6.54 Å². The lowest BCUT2D eigenvalue weighted by Crippen LogP contribution is -2.38. The van der Waals surface area contributed by atoms with E-state index in [1.807, 2.05) is 6.92 Å². The molecule has 1 aromatic carbocycles. The van der Waals surface area contributed by atoms with E-state index in [-0.39, 0.29) is 17.3 Å². The molecule has 0 aromatic heterocycles. The first kappa shape index (κ1) is 14.7. The van der Waals surface area contributed by atoms with E-state index in [4.69, 9.17) is 5.11 Å². The first-order valence-corrected chi connectivity index (χ1v) is 6.52. The van der Waals surface area contributed by atoms with Gasteiger partial charge in [0.15, 0.2) is 0 Å². The van der Waals surface area contributed by atoms with Gasteiger partial charge in [0.25, 0.3) is 0 Å². The highest BCUT2D eigenvalue weighted by molar-refractivity contribution is 5.88. The Hall–Kier alpha value is -1.72. The number of halogens is 3. The van der Waals surface area contributed by atoms with Crippen molar-refractivity contribution in [3.05, 3.63) is 29.3 Å². The lowest BCUT2D eigenvalue weighted by atomic mass is 9.99. The number of aromatic carboxylic acids is 1. The van der Waals surface area contributed by atoms with Crippen molar-refractivity contribution in [2.45, 2.75) is 38.4 Å². The monoisotopic (exact) mass is 287 g/mol. The van der Waals surface area contributed by atoms with Crippen LogP contribution in [0.2, 0.25) is 0 Å². The highest BCUT2D eigenvalue weighted by atomic mass is 19.4. The summed E-state index contributed by atoms with van der Waals surface area (Å²) in [5.74, 6) is -1.35. The van der Waals surface area contributed by atoms with Gasteiger partial charge in [0.2, 0.25) is 0 Å². The Balaban J connectivity index is 2.49. The zero-order chi connectivity index (χ0) is 14.9. The summed E-state index contributed by atoms with van der Waals surface area (Å²) in [7, 11) is 0. The molecule has 0 radical (unpaired) electrons. The maximum absolute atomic E-state index is 13.2. The summed E-state index contributed by atoms with van der Waals surface area (Å²) in [4.78, 5) is 12.6. The number of piperidine rings is 1. The van der Waals surface area contributed by atoms with E-state index < -0.39 is 17.7 Å². The smallest absolute Gasteiger partial charge is 0.418 e. The Morgan fingerprint density at radius 2 is 2.05 bits per heavy atom. The number of benzene rings is 1. The van der Waals surface area contributed by atoms with Crippen LogP contribution in [0.3, 0.4) is 0 Å². The maximum atomic E-state index is 13.2. The van der Waals surface area contributed by atoms with Crippen LogP contribution >= 0.6 is 0 Å². The van der Waals surface area contributed by atoms with Crippen molar-refractivity contribution in [3.8, 4) is 0 Å². The Morgan fingerprint density at radius 1 is 1.35 bits per heavy atom. The molecular weight excluding hydrogens is 271 g/mol. The summed E-state index contributed by atoms with van der Waals surface area (Å²) in [5.41, 5.74) is -1.13. The van der Waals surface area contributed by atoms with Gasteiger partial charge >= 0.3 is 12.1 Å². The van der Waals surface area contributed by atoms with Crippen LogP contribution in [0.15, 0.2) is 18.2 Å². The van der Waals surface area contributed by atoms with Crippen molar-refractivity contribution in [2.24, 2.45) is 0 Å². The summed E-state index contributed by atoms with van der Waals surface area (Å²) in [5, 5.41) is 8.85. The summed E-state index contributed by atoms with van der Waals surface area (Å²) in [6.07, 6.45) is -1.86. The third-order valence-electron chi connectivity index (χ3n) is 3.66. The number of alkyl halides is 3. The van der Waals surface area contributed by atoms with Gasteiger partial charge in [-0.1, -0.05) is 0 Å². The summed E-state index contributed by atoms with van der Waals surface area (Å²) in [6, 6.07) is 3.25. The van der Waals surface area contributed by atoms with Crippen molar-refractivity contribution in [2.75, 3.05) is 11.4 Å². The quantitative estimate of drug-likeness (QED) is 0.899. The van der Waals surface area contributed by atoms with Gasteiger partial charge in [0.1, 0.15) is 0 Å². The molecule has 1 atom stereocenters. The summed E-state index contributed by atoms with van der Waals surface area (Å²) < 4.78 is 39.5. The molecule has 1 heterocycles. The van der Waals surface area contributed by atoms with Gasteiger partial charge in [-0.3, -0.25) is 0 Å². The zero-order valence-corrected chi connectivity index (χ0v) is 11.1. The molecular formula is C14H16F3NO2. The molecule has 1 aliphatic heterocycles. The second kappa shape index (κ2) is 5.34. The number of hydrogen-bond acceptors (Lipinski definition) is 2. The van der Waals surface area contributed by atoms with Crippen LogP contribution in [0.5, 0.6) is 0 Å². The molecule has 0 saturated carbocycles. The topological polar surface area (TPSA) is 40.5 Å². The lowest BCUT2D eigenvalue weighted by molar-refractivity contribution is -0.137. The Morgan fingerprint density at radius 3 is 2.60 bits per heavy atom. The third kappa shape index (κ3) is 2.89. The van der Waals surface area contributed by atoms with E-state index in [1.54, 1.807) is 4.90 Å². The highest BCUT2D eigenvalue weighted by Crippen LogP contribution is 2.39. The van der Waals surface area contributed by atoms with Crippen LogP contribution in [0, 0.1) is 0 Å². The molecule has 0 bridgehead atoms. The second-order valence-electron chi connectivity index (χ2n) is 5.07. The average Bonchev–Trinajstić information content (AvgIpc) is 2.37. The Labute approximate surface area is 115 Å². The number of carbonyl (C=O) groups is 1. The molecule has 1 aliphatic rings. The van der Waals surface area contributed by atoms with Gasteiger partial charge in [-0.15, -0.1) is 0 Å². The number of carboxylic acid groups (broad SMARTS) is 1. The van der Waals surface area contributed by atoms with Gasteiger partial charge in [-0.25, -0.2) is 4.79 Å². The first-order valence-electron chi connectivity index (χ1n) is 6.52. The minimum Gasteiger partial charge on any atom is -0.478 e. The lowest BCUT2D eigenvalue weighted by Gasteiger charge is -2.37. The second-order valence-corrected chi connectivity index (χ2v) is 5.07. The number of hydrogen-bond donors (Lipinski definition) is 1. The summed E-state index contributed by atoms with van der Waals surface area (Å²) >= 11 is 0. The maximum Gasteiger partial charge on any atom is 0.418 e. The summed E-state index contributed by atoms with van der Waals surface area (Å²) in [6.45, 7) is 2.46. The fourth-order valence-electron chi connectivity index (χ4n) is 2.60. The molecule has 1 saturated heterocycles. The van der Waals surface area contributed by atoms with Gasteiger partial charge in [-0.05, 0) is 44.4 Å². The van der Waals surface area contributed by atoms with Crippen LogP contribution in [-0.2, 0) is 6.18 Å². The van der Waals surface area contributed by atoms with E-state index in [1.165, 1.54) is 12.1 Å². The van der Waals surface area contributed by atoms with Gasteiger partial charge in [-0.2, -0.15) is 13.2 Å². The van der Waals surface area contributed by atoms with Crippen LogP contribution < -0.4 is 4.90 Å². The first-order chi connectivity index (χ1) is 9.30. The molecule has 0 spiro atoms. The minimum atomic E-state index is -4.56.